The van der Waals surface area contributed by atoms with Crippen LogP contribution in [0.1, 0.15) is 12.5 Å². The van der Waals surface area contributed by atoms with Crippen molar-refractivity contribution in [2.45, 2.75) is 13.5 Å². The Labute approximate surface area is 117 Å². The normalized spacial score (nSPS) is 11.6. The standard InChI is InChI=1S/C15H17N3O2/c1-12(15(19)20)7-9-16-11-13-5-2-3-6-14(13)18-10-4-8-17-18/h2-8,10,16H,9,11H2,1H3,(H,19,20)/b12-7-. The van der Waals surface area contributed by atoms with E-state index in [0.29, 0.717) is 18.7 Å². The average molecular weight is 271 g/mol. The minimum absolute atomic E-state index is 0.345. The van der Waals surface area contributed by atoms with E-state index in [1.807, 2.05) is 41.2 Å². The Morgan fingerprint density at radius 2 is 2.20 bits per heavy atom. The maximum Gasteiger partial charge on any atom is 0.330 e. The highest BCUT2D eigenvalue weighted by Gasteiger charge is 2.03. The van der Waals surface area contributed by atoms with Crippen molar-refractivity contribution in [1.29, 1.82) is 0 Å². The number of aliphatic carboxylic acids is 1. The molecule has 0 fully saturated rings. The molecular weight excluding hydrogens is 254 g/mol. The Morgan fingerprint density at radius 1 is 1.40 bits per heavy atom. The zero-order chi connectivity index (χ0) is 14.4. The number of nitrogens with one attached hydrogen (secondary N) is 1. The molecule has 2 aromatic rings. The highest BCUT2D eigenvalue weighted by molar-refractivity contribution is 5.85. The number of carboxylic acid groups (broad SMARTS) is 1. The van der Waals surface area contributed by atoms with Gasteiger partial charge >= 0.3 is 5.97 Å². The van der Waals surface area contributed by atoms with Crippen molar-refractivity contribution in [3.8, 4) is 5.69 Å². The van der Waals surface area contributed by atoms with Crippen molar-refractivity contribution in [3.05, 3.63) is 59.9 Å². The summed E-state index contributed by atoms with van der Waals surface area (Å²) in [6.07, 6.45) is 5.30. The van der Waals surface area contributed by atoms with Crippen molar-refractivity contribution in [2.75, 3.05) is 6.54 Å². The summed E-state index contributed by atoms with van der Waals surface area (Å²) in [6.45, 7) is 2.76. The van der Waals surface area contributed by atoms with Crippen LogP contribution >= 0.6 is 0 Å². The summed E-state index contributed by atoms with van der Waals surface area (Å²) in [5.41, 5.74) is 2.47. The van der Waals surface area contributed by atoms with Crippen LogP contribution in [0.3, 0.4) is 0 Å². The highest BCUT2D eigenvalue weighted by atomic mass is 16.4. The quantitative estimate of drug-likeness (QED) is 0.623. The molecule has 20 heavy (non-hydrogen) atoms. The second-order valence-corrected chi connectivity index (χ2v) is 4.40. The fourth-order valence-corrected chi connectivity index (χ4v) is 1.81. The Bertz CT molecular complexity index is 603. The molecule has 0 saturated carbocycles. The fourth-order valence-electron chi connectivity index (χ4n) is 1.81. The van der Waals surface area contributed by atoms with E-state index in [0.717, 1.165) is 11.3 Å². The largest absolute Gasteiger partial charge is 0.478 e. The molecule has 1 aromatic carbocycles. The van der Waals surface area contributed by atoms with Crippen molar-refractivity contribution < 1.29 is 9.90 Å². The van der Waals surface area contributed by atoms with Gasteiger partial charge in [0.25, 0.3) is 0 Å². The van der Waals surface area contributed by atoms with E-state index in [-0.39, 0.29) is 0 Å². The molecule has 0 unspecified atom stereocenters. The third kappa shape index (κ3) is 3.55. The first-order chi connectivity index (χ1) is 9.68. The first-order valence-electron chi connectivity index (χ1n) is 6.37. The Morgan fingerprint density at radius 3 is 2.90 bits per heavy atom. The van der Waals surface area contributed by atoms with Crippen LogP contribution in [0, 0.1) is 0 Å². The molecule has 0 aliphatic heterocycles. The number of benzene rings is 1. The summed E-state index contributed by atoms with van der Waals surface area (Å²) in [4.78, 5) is 10.7. The maximum atomic E-state index is 10.7. The number of carboxylic acids is 1. The van der Waals surface area contributed by atoms with Crippen LogP contribution < -0.4 is 5.32 Å². The number of aromatic nitrogens is 2. The van der Waals surface area contributed by atoms with Gasteiger partial charge in [-0.15, -0.1) is 0 Å². The van der Waals surface area contributed by atoms with Gasteiger partial charge in [-0.2, -0.15) is 5.10 Å². The van der Waals surface area contributed by atoms with Crippen molar-refractivity contribution in [3.63, 3.8) is 0 Å². The van der Waals surface area contributed by atoms with Gasteiger partial charge in [0.15, 0.2) is 0 Å². The molecule has 0 amide bonds. The summed E-state index contributed by atoms with van der Waals surface area (Å²) in [5, 5.41) is 16.2. The van der Waals surface area contributed by atoms with Crippen molar-refractivity contribution in [1.82, 2.24) is 15.1 Å². The molecule has 0 aliphatic carbocycles. The lowest BCUT2D eigenvalue weighted by atomic mass is 10.1. The number of nitrogens with zero attached hydrogens (tertiary/aromatic N) is 2. The van der Waals surface area contributed by atoms with Crippen LogP contribution in [-0.2, 0) is 11.3 Å². The van der Waals surface area contributed by atoms with E-state index in [2.05, 4.69) is 10.4 Å². The lowest BCUT2D eigenvalue weighted by Gasteiger charge is -2.09. The molecule has 0 atom stereocenters. The van der Waals surface area contributed by atoms with Crippen LogP contribution in [0.25, 0.3) is 5.69 Å². The second-order valence-electron chi connectivity index (χ2n) is 4.40. The molecule has 0 bridgehead atoms. The predicted molar refractivity (Wildman–Crippen MR) is 76.7 cm³/mol. The molecule has 5 nitrogen and oxygen atoms in total. The van der Waals surface area contributed by atoms with Gasteiger partial charge in [0.2, 0.25) is 0 Å². The molecule has 0 radical (unpaired) electrons. The van der Waals surface area contributed by atoms with E-state index >= 15 is 0 Å². The molecule has 1 heterocycles. The SMILES string of the molecule is C/C(=C/CNCc1ccccc1-n1cccn1)C(=O)O. The molecule has 0 spiro atoms. The summed E-state index contributed by atoms with van der Waals surface area (Å²) in [7, 11) is 0. The first-order valence-corrected chi connectivity index (χ1v) is 6.37. The second kappa shape index (κ2) is 6.68. The molecule has 1 aromatic heterocycles. The molecule has 104 valence electrons. The zero-order valence-corrected chi connectivity index (χ0v) is 11.3. The van der Waals surface area contributed by atoms with Gasteiger partial charge in [0.1, 0.15) is 0 Å². The lowest BCUT2D eigenvalue weighted by Crippen LogP contribution is -2.16. The minimum Gasteiger partial charge on any atom is -0.478 e. The zero-order valence-electron chi connectivity index (χ0n) is 11.3. The molecule has 2 N–H and O–H groups in total. The number of carbonyl (C=O) groups is 1. The third-order valence-electron chi connectivity index (χ3n) is 2.95. The third-order valence-corrected chi connectivity index (χ3v) is 2.95. The molecular formula is C15H17N3O2. The lowest BCUT2D eigenvalue weighted by molar-refractivity contribution is -0.132. The van der Waals surface area contributed by atoms with Gasteiger partial charge in [0.05, 0.1) is 5.69 Å². The number of rotatable bonds is 6. The van der Waals surface area contributed by atoms with Gasteiger partial charge < -0.3 is 10.4 Å². The first kappa shape index (κ1) is 14.0. The van der Waals surface area contributed by atoms with Gasteiger partial charge in [-0.1, -0.05) is 24.3 Å². The van der Waals surface area contributed by atoms with E-state index in [1.54, 1.807) is 19.2 Å². The van der Waals surface area contributed by atoms with E-state index < -0.39 is 5.97 Å². The van der Waals surface area contributed by atoms with Crippen molar-refractivity contribution >= 4 is 5.97 Å². The Hall–Kier alpha value is -2.40. The van der Waals surface area contributed by atoms with E-state index in [4.69, 9.17) is 5.11 Å². The van der Waals surface area contributed by atoms with E-state index in [1.165, 1.54) is 0 Å². The number of hydrogen-bond donors (Lipinski definition) is 2. The summed E-state index contributed by atoms with van der Waals surface area (Å²) in [6, 6.07) is 9.85. The van der Waals surface area contributed by atoms with Crippen LogP contribution in [0.15, 0.2) is 54.4 Å². The maximum absolute atomic E-state index is 10.7. The van der Waals surface area contributed by atoms with Gasteiger partial charge in [-0.05, 0) is 24.6 Å². The number of para-hydroxylation sites is 1. The Kier molecular flexibility index (Phi) is 4.68. The number of hydrogen-bond acceptors (Lipinski definition) is 3. The van der Waals surface area contributed by atoms with Crippen LogP contribution in [0.5, 0.6) is 0 Å². The highest BCUT2D eigenvalue weighted by Crippen LogP contribution is 2.12. The van der Waals surface area contributed by atoms with Crippen LogP contribution in [0.4, 0.5) is 0 Å². The average Bonchev–Trinajstić information content (AvgIpc) is 2.97. The molecule has 5 heteroatoms. The van der Waals surface area contributed by atoms with E-state index in [9.17, 15) is 4.79 Å². The van der Waals surface area contributed by atoms with Crippen LogP contribution in [-0.4, -0.2) is 27.4 Å². The summed E-state index contributed by atoms with van der Waals surface area (Å²) < 4.78 is 1.81. The monoisotopic (exact) mass is 271 g/mol. The molecule has 0 aliphatic rings. The van der Waals surface area contributed by atoms with Gasteiger partial charge in [0, 0.05) is 31.1 Å². The smallest absolute Gasteiger partial charge is 0.330 e. The summed E-state index contributed by atoms with van der Waals surface area (Å²) in [5.74, 6) is -0.885. The fraction of sp³-hybridized carbons (Fsp3) is 0.200. The van der Waals surface area contributed by atoms with Gasteiger partial charge in [-0.25, -0.2) is 9.48 Å². The topological polar surface area (TPSA) is 67.2 Å². The molecule has 2 rings (SSSR count). The molecule has 0 saturated heterocycles. The minimum atomic E-state index is -0.885. The predicted octanol–water partition coefficient (Wildman–Crippen LogP) is 1.99. The van der Waals surface area contributed by atoms with Crippen LogP contribution in [0.2, 0.25) is 0 Å². The van der Waals surface area contributed by atoms with Crippen molar-refractivity contribution in [2.24, 2.45) is 0 Å². The Balaban J connectivity index is 2.01. The summed E-state index contributed by atoms with van der Waals surface area (Å²) >= 11 is 0. The van der Waals surface area contributed by atoms with Gasteiger partial charge in [-0.3, -0.25) is 0 Å².